The number of nitrogens with zero attached hydrogens (tertiary/aromatic N) is 2. The van der Waals surface area contributed by atoms with E-state index in [1.807, 2.05) is 4.90 Å². The zero-order valence-corrected chi connectivity index (χ0v) is 12.6. The third kappa shape index (κ3) is 4.25. The van der Waals surface area contributed by atoms with E-state index in [2.05, 4.69) is 18.7 Å². The molecule has 1 aromatic rings. The van der Waals surface area contributed by atoms with Gasteiger partial charge in [0.1, 0.15) is 11.9 Å². The van der Waals surface area contributed by atoms with E-state index >= 15 is 0 Å². The van der Waals surface area contributed by atoms with Gasteiger partial charge in [-0.2, -0.15) is 0 Å². The Labute approximate surface area is 125 Å². The summed E-state index contributed by atoms with van der Waals surface area (Å²) in [5.74, 6) is -0.604. The Bertz CT molecular complexity index is 468. The van der Waals surface area contributed by atoms with Gasteiger partial charge in [-0.25, -0.2) is 4.39 Å². The number of piperazine rings is 1. The van der Waals surface area contributed by atoms with Crippen LogP contribution in [-0.2, 0) is 4.79 Å². The summed E-state index contributed by atoms with van der Waals surface area (Å²) in [6.07, 6.45) is 0. The van der Waals surface area contributed by atoms with Gasteiger partial charge in [0, 0.05) is 32.7 Å². The number of rotatable bonds is 5. The fourth-order valence-corrected chi connectivity index (χ4v) is 2.88. The highest BCUT2D eigenvalue weighted by Gasteiger charge is 2.30. The van der Waals surface area contributed by atoms with Crippen molar-refractivity contribution in [3.8, 4) is 0 Å². The van der Waals surface area contributed by atoms with Crippen LogP contribution < -0.4 is 0 Å². The van der Waals surface area contributed by atoms with Crippen molar-refractivity contribution < 1.29 is 14.3 Å². The van der Waals surface area contributed by atoms with E-state index in [4.69, 9.17) is 0 Å². The van der Waals surface area contributed by atoms with Gasteiger partial charge < -0.3 is 10.0 Å². The summed E-state index contributed by atoms with van der Waals surface area (Å²) in [4.78, 5) is 15.9. The lowest BCUT2D eigenvalue weighted by Crippen LogP contribution is -2.49. The molecule has 1 aliphatic heterocycles. The lowest BCUT2D eigenvalue weighted by Gasteiger charge is -2.38. The Balaban J connectivity index is 2.04. The molecule has 0 saturated carbocycles. The number of benzene rings is 1. The topological polar surface area (TPSA) is 43.8 Å². The van der Waals surface area contributed by atoms with Crippen molar-refractivity contribution in [2.45, 2.75) is 19.9 Å². The van der Waals surface area contributed by atoms with Crippen LogP contribution in [0.4, 0.5) is 4.39 Å². The van der Waals surface area contributed by atoms with Gasteiger partial charge in [0.25, 0.3) is 0 Å². The van der Waals surface area contributed by atoms with Gasteiger partial charge in [-0.3, -0.25) is 9.69 Å². The van der Waals surface area contributed by atoms with E-state index in [0.29, 0.717) is 11.5 Å². The van der Waals surface area contributed by atoms with Crippen LogP contribution >= 0.6 is 0 Å². The average molecular weight is 294 g/mol. The smallest absolute Gasteiger partial charge is 0.325 e. The van der Waals surface area contributed by atoms with E-state index in [1.165, 1.54) is 12.1 Å². The number of carboxylic acid groups (broad SMARTS) is 1. The van der Waals surface area contributed by atoms with Crippen LogP contribution in [0.25, 0.3) is 0 Å². The number of hydrogen-bond acceptors (Lipinski definition) is 3. The van der Waals surface area contributed by atoms with Crippen LogP contribution in [0.3, 0.4) is 0 Å². The molecule has 1 fully saturated rings. The molecule has 0 spiro atoms. The molecule has 1 aromatic carbocycles. The van der Waals surface area contributed by atoms with Gasteiger partial charge >= 0.3 is 5.97 Å². The molecule has 116 valence electrons. The number of carbonyl (C=O) groups is 1. The van der Waals surface area contributed by atoms with Crippen LogP contribution in [0.2, 0.25) is 0 Å². The maximum atomic E-state index is 13.0. The third-order valence-corrected chi connectivity index (χ3v) is 3.82. The molecule has 1 heterocycles. The summed E-state index contributed by atoms with van der Waals surface area (Å²) in [5, 5.41) is 9.51. The summed E-state index contributed by atoms with van der Waals surface area (Å²) in [7, 11) is 0. The second kappa shape index (κ2) is 7.00. The number of hydrogen-bond donors (Lipinski definition) is 1. The van der Waals surface area contributed by atoms with Gasteiger partial charge in [0.2, 0.25) is 0 Å². The molecular weight excluding hydrogens is 271 g/mol. The molecule has 0 aliphatic carbocycles. The highest BCUT2D eigenvalue weighted by atomic mass is 19.1. The van der Waals surface area contributed by atoms with Crippen LogP contribution in [0.15, 0.2) is 24.3 Å². The summed E-state index contributed by atoms with van der Waals surface area (Å²) in [5.41, 5.74) is 0.640. The maximum absolute atomic E-state index is 13.0. The Hall–Kier alpha value is -1.46. The molecule has 4 nitrogen and oxygen atoms in total. The summed E-state index contributed by atoms with van der Waals surface area (Å²) < 4.78 is 13.0. The predicted octanol–water partition coefficient (Wildman–Crippen LogP) is 2.22. The monoisotopic (exact) mass is 294 g/mol. The first kappa shape index (κ1) is 15.9. The highest BCUT2D eigenvalue weighted by Crippen LogP contribution is 2.23. The van der Waals surface area contributed by atoms with E-state index < -0.39 is 12.0 Å². The number of halogens is 1. The van der Waals surface area contributed by atoms with Crippen LogP contribution in [-0.4, -0.2) is 53.6 Å². The fourth-order valence-electron chi connectivity index (χ4n) is 2.88. The molecule has 1 saturated heterocycles. The van der Waals surface area contributed by atoms with Gasteiger partial charge in [0.15, 0.2) is 0 Å². The Morgan fingerprint density at radius 1 is 1.19 bits per heavy atom. The minimum atomic E-state index is -0.876. The third-order valence-electron chi connectivity index (χ3n) is 3.82. The molecule has 0 radical (unpaired) electrons. The van der Waals surface area contributed by atoms with Crippen molar-refractivity contribution >= 4 is 5.97 Å². The molecule has 1 aliphatic rings. The molecule has 21 heavy (non-hydrogen) atoms. The van der Waals surface area contributed by atoms with E-state index in [9.17, 15) is 14.3 Å². The fraction of sp³-hybridized carbons (Fsp3) is 0.562. The lowest BCUT2D eigenvalue weighted by atomic mass is 10.0. The van der Waals surface area contributed by atoms with Gasteiger partial charge in [-0.15, -0.1) is 0 Å². The molecule has 0 bridgehead atoms. The Morgan fingerprint density at radius 2 is 1.76 bits per heavy atom. The zero-order valence-electron chi connectivity index (χ0n) is 12.6. The summed E-state index contributed by atoms with van der Waals surface area (Å²) in [6, 6.07) is 5.08. The first-order valence-electron chi connectivity index (χ1n) is 7.42. The molecule has 5 heteroatoms. The van der Waals surface area contributed by atoms with Crippen molar-refractivity contribution in [2.75, 3.05) is 32.7 Å². The van der Waals surface area contributed by atoms with Gasteiger partial charge in [0.05, 0.1) is 0 Å². The van der Waals surface area contributed by atoms with Crippen LogP contribution in [0, 0.1) is 11.7 Å². The molecule has 0 aromatic heterocycles. The molecule has 1 unspecified atom stereocenters. The molecule has 2 rings (SSSR count). The minimum absolute atomic E-state index is 0.343. The molecule has 1 N–H and O–H groups in total. The Morgan fingerprint density at radius 3 is 2.24 bits per heavy atom. The normalized spacial score (nSPS) is 18.9. The van der Waals surface area contributed by atoms with Gasteiger partial charge in [-0.1, -0.05) is 26.0 Å². The van der Waals surface area contributed by atoms with Crippen molar-refractivity contribution in [2.24, 2.45) is 5.92 Å². The molecular formula is C16H23FN2O2. The maximum Gasteiger partial charge on any atom is 0.325 e. The summed E-state index contributed by atoms with van der Waals surface area (Å²) >= 11 is 0. The van der Waals surface area contributed by atoms with E-state index in [1.54, 1.807) is 12.1 Å². The second-order valence-electron chi connectivity index (χ2n) is 6.02. The van der Waals surface area contributed by atoms with Crippen molar-refractivity contribution in [1.82, 2.24) is 9.80 Å². The lowest BCUT2D eigenvalue weighted by molar-refractivity contribution is -0.144. The quantitative estimate of drug-likeness (QED) is 0.904. The van der Waals surface area contributed by atoms with E-state index in [0.717, 1.165) is 32.7 Å². The van der Waals surface area contributed by atoms with E-state index in [-0.39, 0.29) is 5.82 Å². The second-order valence-corrected chi connectivity index (χ2v) is 6.02. The van der Waals surface area contributed by atoms with Crippen molar-refractivity contribution in [3.05, 3.63) is 35.6 Å². The zero-order chi connectivity index (χ0) is 15.4. The number of aliphatic carboxylic acids is 1. The largest absolute Gasteiger partial charge is 0.480 e. The molecule has 1 atom stereocenters. The van der Waals surface area contributed by atoms with Gasteiger partial charge in [-0.05, 0) is 23.6 Å². The van der Waals surface area contributed by atoms with Crippen molar-refractivity contribution in [1.29, 1.82) is 0 Å². The average Bonchev–Trinajstić information content (AvgIpc) is 2.42. The summed E-state index contributed by atoms with van der Waals surface area (Å²) in [6.45, 7) is 8.62. The highest BCUT2D eigenvalue weighted by molar-refractivity contribution is 5.75. The first-order chi connectivity index (χ1) is 9.97. The number of carboxylic acids is 1. The van der Waals surface area contributed by atoms with Crippen LogP contribution in [0.1, 0.15) is 25.5 Å². The molecule has 0 amide bonds. The predicted molar refractivity (Wildman–Crippen MR) is 79.6 cm³/mol. The SMILES string of the molecule is CC(C)CN1CCN(C(C(=O)O)c2ccc(F)cc2)CC1. The van der Waals surface area contributed by atoms with Crippen LogP contribution in [0.5, 0.6) is 0 Å². The first-order valence-corrected chi connectivity index (χ1v) is 7.42. The standard InChI is InChI=1S/C16H23FN2O2/c1-12(2)11-18-7-9-19(10-8-18)15(16(20)21)13-3-5-14(17)6-4-13/h3-6,12,15H,7-11H2,1-2H3,(H,20,21). The van der Waals surface area contributed by atoms with Crippen molar-refractivity contribution in [3.63, 3.8) is 0 Å². The Kier molecular flexibility index (Phi) is 5.31. The minimum Gasteiger partial charge on any atom is -0.480 e.